The SMILES string of the molecule is c1ccc(OCCNCC2CCCCC2)cc1. The predicted octanol–water partition coefficient (Wildman–Crippen LogP) is 3.24. The van der Waals surface area contributed by atoms with Crippen LogP contribution < -0.4 is 10.1 Å². The van der Waals surface area contributed by atoms with Crippen LogP contribution in [-0.4, -0.2) is 19.7 Å². The van der Waals surface area contributed by atoms with Crippen molar-refractivity contribution in [2.24, 2.45) is 5.92 Å². The fraction of sp³-hybridized carbons (Fsp3) is 0.600. The van der Waals surface area contributed by atoms with Gasteiger partial charge in [0.15, 0.2) is 0 Å². The number of benzene rings is 1. The molecule has 0 spiro atoms. The lowest BCUT2D eigenvalue weighted by Crippen LogP contribution is -2.28. The fourth-order valence-electron chi connectivity index (χ4n) is 2.46. The molecule has 2 nitrogen and oxygen atoms in total. The van der Waals surface area contributed by atoms with E-state index in [-0.39, 0.29) is 0 Å². The molecule has 1 fully saturated rings. The van der Waals surface area contributed by atoms with Crippen molar-refractivity contribution in [1.29, 1.82) is 0 Å². The summed E-state index contributed by atoms with van der Waals surface area (Å²) in [5.74, 6) is 1.87. The molecule has 0 aliphatic heterocycles. The zero-order chi connectivity index (χ0) is 11.8. The summed E-state index contributed by atoms with van der Waals surface area (Å²) in [7, 11) is 0. The van der Waals surface area contributed by atoms with Crippen LogP contribution in [0.2, 0.25) is 0 Å². The molecular formula is C15H23NO. The molecule has 2 heteroatoms. The Balaban J connectivity index is 1.51. The molecule has 1 aliphatic rings. The van der Waals surface area contributed by atoms with Gasteiger partial charge in [-0.3, -0.25) is 0 Å². The summed E-state index contributed by atoms with van der Waals surface area (Å²) in [5, 5.41) is 3.50. The molecule has 0 radical (unpaired) electrons. The highest BCUT2D eigenvalue weighted by Gasteiger charge is 2.12. The number of rotatable bonds is 6. The third-order valence-corrected chi connectivity index (χ3v) is 3.45. The average Bonchev–Trinajstić information content (AvgIpc) is 2.41. The van der Waals surface area contributed by atoms with Gasteiger partial charge >= 0.3 is 0 Å². The van der Waals surface area contributed by atoms with Crippen LogP contribution >= 0.6 is 0 Å². The lowest BCUT2D eigenvalue weighted by atomic mass is 9.89. The highest BCUT2D eigenvalue weighted by Crippen LogP contribution is 2.22. The summed E-state index contributed by atoms with van der Waals surface area (Å²) >= 11 is 0. The molecule has 1 saturated carbocycles. The summed E-state index contributed by atoms with van der Waals surface area (Å²) < 4.78 is 5.63. The number of nitrogens with one attached hydrogen (secondary N) is 1. The first-order valence-electron chi connectivity index (χ1n) is 6.84. The lowest BCUT2D eigenvalue weighted by molar-refractivity contribution is 0.294. The largest absolute Gasteiger partial charge is 0.492 e. The van der Waals surface area contributed by atoms with Crippen molar-refractivity contribution in [2.75, 3.05) is 19.7 Å². The molecule has 0 heterocycles. The Morgan fingerprint density at radius 3 is 2.59 bits per heavy atom. The molecule has 94 valence electrons. The van der Waals surface area contributed by atoms with Crippen molar-refractivity contribution in [3.8, 4) is 5.75 Å². The molecular weight excluding hydrogens is 210 g/mol. The third kappa shape index (κ3) is 4.78. The summed E-state index contributed by atoms with van der Waals surface area (Å²) in [6.07, 6.45) is 7.10. The van der Waals surface area contributed by atoms with Gasteiger partial charge in [-0.15, -0.1) is 0 Å². The summed E-state index contributed by atoms with van der Waals surface area (Å²) in [5.41, 5.74) is 0. The topological polar surface area (TPSA) is 21.3 Å². The van der Waals surface area contributed by atoms with Gasteiger partial charge in [0.1, 0.15) is 12.4 Å². The molecule has 0 saturated heterocycles. The van der Waals surface area contributed by atoms with Crippen LogP contribution in [0, 0.1) is 5.92 Å². The predicted molar refractivity (Wildman–Crippen MR) is 71.4 cm³/mol. The Hall–Kier alpha value is -1.02. The van der Waals surface area contributed by atoms with E-state index in [4.69, 9.17) is 4.74 Å². The Morgan fingerprint density at radius 1 is 1.06 bits per heavy atom. The first-order valence-corrected chi connectivity index (χ1v) is 6.84. The Labute approximate surface area is 104 Å². The van der Waals surface area contributed by atoms with E-state index >= 15 is 0 Å². The molecule has 2 rings (SSSR count). The van der Waals surface area contributed by atoms with Crippen LogP contribution in [0.3, 0.4) is 0 Å². The van der Waals surface area contributed by atoms with E-state index in [1.807, 2.05) is 30.3 Å². The molecule has 0 bridgehead atoms. The molecule has 1 aromatic carbocycles. The maximum Gasteiger partial charge on any atom is 0.119 e. The first-order chi connectivity index (χ1) is 8.45. The van der Waals surface area contributed by atoms with E-state index in [9.17, 15) is 0 Å². The van der Waals surface area contributed by atoms with E-state index in [1.165, 1.54) is 32.1 Å². The van der Waals surface area contributed by atoms with Crippen LogP contribution in [0.15, 0.2) is 30.3 Å². The monoisotopic (exact) mass is 233 g/mol. The number of para-hydroxylation sites is 1. The Bertz CT molecular complexity index is 293. The third-order valence-electron chi connectivity index (χ3n) is 3.45. The molecule has 0 amide bonds. The van der Waals surface area contributed by atoms with Gasteiger partial charge < -0.3 is 10.1 Å². The van der Waals surface area contributed by atoms with Gasteiger partial charge in [-0.05, 0) is 37.4 Å². The van der Waals surface area contributed by atoms with Crippen LogP contribution in [-0.2, 0) is 0 Å². The molecule has 1 aliphatic carbocycles. The van der Waals surface area contributed by atoms with E-state index < -0.39 is 0 Å². The number of ether oxygens (including phenoxy) is 1. The van der Waals surface area contributed by atoms with Crippen LogP contribution in [0.5, 0.6) is 5.75 Å². The van der Waals surface area contributed by atoms with Crippen molar-refractivity contribution in [3.05, 3.63) is 30.3 Å². The minimum Gasteiger partial charge on any atom is -0.492 e. The van der Waals surface area contributed by atoms with Crippen molar-refractivity contribution < 1.29 is 4.74 Å². The van der Waals surface area contributed by atoms with Gasteiger partial charge in [0.25, 0.3) is 0 Å². The number of hydrogen-bond acceptors (Lipinski definition) is 2. The molecule has 0 aromatic heterocycles. The van der Waals surface area contributed by atoms with Gasteiger partial charge in [-0.1, -0.05) is 37.5 Å². The normalized spacial score (nSPS) is 16.9. The minimum atomic E-state index is 0.761. The molecule has 0 unspecified atom stereocenters. The van der Waals surface area contributed by atoms with E-state index in [2.05, 4.69) is 5.32 Å². The Kier molecular flexibility index (Phi) is 5.37. The fourth-order valence-corrected chi connectivity index (χ4v) is 2.46. The van der Waals surface area contributed by atoms with E-state index in [0.29, 0.717) is 0 Å². The molecule has 1 N–H and O–H groups in total. The van der Waals surface area contributed by atoms with Gasteiger partial charge in [0.2, 0.25) is 0 Å². The Morgan fingerprint density at radius 2 is 1.82 bits per heavy atom. The van der Waals surface area contributed by atoms with E-state index in [0.717, 1.165) is 31.4 Å². The summed E-state index contributed by atoms with van der Waals surface area (Å²) in [4.78, 5) is 0. The second-order valence-corrected chi connectivity index (χ2v) is 4.87. The smallest absolute Gasteiger partial charge is 0.119 e. The van der Waals surface area contributed by atoms with Crippen LogP contribution in [0.1, 0.15) is 32.1 Å². The van der Waals surface area contributed by atoms with Crippen LogP contribution in [0.4, 0.5) is 0 Å². The maximum absolute atomic E-state index is 5.63. The van der Waals surface area contributed by atoms with Crippen molar-refractivity contribution >= 4 is 0 Å². The minimum absolute atomic E-state index is 0.761. The summed E-state index contributed by atoms with van der Waals surface area (Å²) in [6.45, 7) is 2.88. The van der Waals surface area contributed by atoms with Crippen molar-refractivity contribution in [2.45, 2.75) is 32.1 Å². The average molecular weight is 233 g/mol. The number of hydrogen-bond donors (Lipinski definition) is 1. The maximum atomic E-state index is 5.63. The zero-order valence-electron chi connectivity index (χ0n) is 10.5. The quantitative estimate of drug-likeness (QED) is 0.762. The molecule has 17 heavy (non-hydrogen) atoms. The van der Waals surface area contributed by atoms with Crippen LogP contribution in [0.25, 0.3) is 0 Å². The van der Waals surface area contributed by atoms with Crippen molar-refractivity contribution in [3.63, 3.8) is 0 Å². The lowest BCUT2D eigenvalue weighted by Gasteiger charge is -2.21. The highest BCUT2D eigenvalue weighted by atomic mass is 16.5. The van der Waals surface area contributed by atoms with Gasteiger partial charge in [0.05, 0.1) is 0 Å². The zero-order valence-corrected chi connectivity index (χ0v) is 10.5. The van der Waals surface area contributed by atoms with E-state index in [1.54, 1.807) is 0 Å². The first kappa shape index (κ1) is 12.4. The van der Waals surface area contributed by atoms with Gasteiger partial charge in [-0.25, -0.2) is 0 Å². The van der Waals surface area contributed by atoms with Crippen molar-refractivity contribution in [1.82, 2.24) is 5.32 Å². The van der Waals surface area contributed by atoms with Gasteiger partial charge in [0, 0.05) is 6.54 Å². The molecule has 0 atom stereocenters. The second-order valence-electron chi connectivity index (χ2n) is 4.87. The molecule has 1 aromatic rings. The summed E-state index contributed by atoms with van der Waals surface area (Å²) in [6, 6.07) is 10.0. The second kappa shape index (κ2) is 7.33. The standard InChI is InChI=1S/C15H23NO/c1-3-7-14(8-4-1)13-16-11-12-17-15-9-5-2-6-10-15/h2,5-6,9-10,14,16H,1,3-4,7-8,11-13H2. The highest BCUT2D eigenvalue weighted by molar-refractivity contribution is 5.20. The van der Waals surface area contributed by atoms with Gasteiger partial charge in [-0.2, -0.15) is 0 Å².